The highest BCUT2D eigenvalue weighted by Crippen LogP contribution is 2.39. The number of hydrogen-bond acceptors (Lipinski definition) is 5. The van der Waals surface area contributed by atoms with Crippen molar-refractivity contribution in [2.24, 2.45) is 0 Å². The Morgan fingerprint density at radius 2 is 2.07 bits per heavy atom. The van der Waals surface area contributed by atoms with E-state index in [1.165, 1.54) is 11.8 Å². The van der Waals surface area contributed by atoms with Crippen LogP contribution in [-0.2, 0) is 11.4 Å². The molecule has 1 N–H and O–H groups in total. The summed E-state index contributed by atoms with van der Waals surface area (Å²) in [5.41, 5.74) is 2.44. The third-order valence-corrected chi connectivity index (χ3v) is 5.54. The molecule has 3 rings (SSSR count). The Morgan fingerprint density at radius 1 is 1.28 bits per heavy atom. The molecule has 0 saturated carbocycles. The van der Waals surface area contributed by atoms with Gasteiger partial charge < -0.3 is 14.8 Å². The second kappa shape index (κ2) is 9.85. The first-order valence-electron chi connectivity index (χ1n) is 9.18. The number of allylic oxidation sites excluding steroid dienone is 1. The SMILES string of the molecule is C=CCSC1=C(C#N)[C@H](c2ccc(OC)c(OCc3ccccc3)c2)CC(=O)N1. The number of amides is 1. The van der Waals surface area contributed by atoms with Gasteiger partial charge in [-0.2, -0.15) is 5.26 Å². The Bertz CT molecular complexity index is 964. The van der Waals surface area contributed by atoms with E-state index in [2.05, 4.69) is 18.0 Å². The predicted octanol–water partition coefficient (Wildman–Crippen LogP) is 4.53. The number of thioether (sulfide) groups is 1. The van der Waals surface area contributed by atoms with Gasteiger partial charge in [0.2, 0.25) is 5.91 Å². The Labute approximate surface area is 175 Å². The second-order valence-corrected chi connectivity index (χ2v) is 7.47. The number of rotatable bonds is 8. The summed E-state index contributed by atoms with van der Waals surface area (Å²) in [5.74, 6) is 1.36. The van der Waals surface area contributed by atoms with Crippen LogP contribution in [0.4, 0.5) is 0 Å². The molecular weight excluding hydrogens is 384 g/mol. The van der Waals surface area contributed by atoms with Crippen molar-refractivity contribution in [1.29, 1.82) is 5.26 Å². The normalized spacial score (nSPS) is 16.0. The van der Waals surface area contributed by atoms with E-state index in [9.17, 15) is 10.1 Å². The van der Waals surface area contributed by atoms with Crippen LogP contribution in [0.15, 0.2) is 71.8 Å². The molecule has 2 aromatic rings. The number of benzene rings is 2. The average molecular weight is 407 g/mol. The summed E-state index contributed by atoms with van der Waals surface area (Å²) in [7, 11) is 1.59. The Hall–Kier alpha value is -3.17. The van der Waals surface area contributed by atoms with Gasteiger partial charge >= 0.3 is 0 Å². The summed E-state index contributed by atoms with van der Waals surface area (Å²) in [5, 5.41) is 13.2. The van der Waals surface area contributed by atoms with Gasteiger partial charge in [-0.15, -0.1) is 18.3 Å². The molecule has 29 heavy (non-hydrogen) atoms. The molecule has 0 spiro atoms. The molecule has 0 aromatic heterocycles. The van der Waals surface area contributed by atoms with E-state index in [1.807, 2.05) is 48.5 Å². The highest BCUT2D eigenvalue weighted by atomic mass is 32.2. The minimum atomic E-state index is -0.328. The van der Waals surface area contributed by atoms with Gasteiger partial charge in [0.15, 0.2) is 11.5 Å². The summed E-state index contributed by atoms with van der Waals surface area (Å²) >= 11 is 1.40. The van der Waals surface area contributed by atoms with Crippen molar-refractivity contribution in [3.8, 4) is 17.6 Å². The second-order valence-electron chi connectivity index (χ2n) is 6.44. The third-order valence-electron chi connectivity index (χ3n) is 4.53. The van der Waals surface area contributed by atoms with Gasteiger partial charge in [-0.05, 0) is 23.3 Å². The lowest BCUT2D eigenvalue weighted by Gasteiger charge is -2.25. The maximum atomic E-state index is 12.3. The smallest absolute Gasteiger partial charge is 0.225 e. The van der Waals surface area contributed by atoms with Crippen molar-refractivity contribution in [3.05, 3.63) is 82.9 Å². The van der Waals surface area contributed by atoms with Crippen LogP contribution in [0.3, 0.4) is 0 Å². The van der Waals surface area contributed by atoms with Gasteiger partial charge in [-0.25, -0.2) is 0 Å². The van der Waals surface area contributed by atoms with Crippen LogP contribution in [0.2, 0.25) is 0 Å². The van der Waals surface area contributed by atoms with Crippen LogP contribution in [0.1, 0.15) is 23.5 Å². The van der Waals surface area contributed by atoms with Crippen LogP contribution in [0.25, 0.3) is 0 Å². The van der Waals surface area contributed by atoms with Gasteiger partial charge in [0.1, 0.15) is 6.61 Å². The summed E-state index contributed by atoms with van der Waals surface area (Å²) in [6.07, 6.45) is 1.96. The lowest BCUT2D eigenvalue weighted by molar-refractivity contribution is -0.120. The van der Waals surface area contributed by atoms with Crippen LogP contribution >= 0.6 is 11.8 Å². The highest BCUT2D eigenvalue weighted by molar-refractivity contribution is 8.03. The summed E-state index contributed by atoms with van der Waals surface area (Å²) in [4.78, 5) is 12.3. The van der Waals surface area contributed by atoms with E-state index in [0.717, 1.165) is 11.1 Å². The first-order valence-corrected chi connectivity index (χ1v) is 10.2. The van der Waals surface area contributed by atoms with Crippen LogP contribution in [0.5, 0.6) is 11.5 Å². The topological polar surface area (TPSA) is 71.3 Å². The zero-order valence-electron chi connectivity index (χ0n) is 16.2. The van der Waals surface area contributed by atoms with Gasteiger partial charge in [0.25, 0.3) is 0 Å². The first-order chi connectivity index (χ1) is 14.2. The van der Waals surface area contributed by atoms with Gasteiger partial charge in [0, 0.05) is 18.1 Å². The number of nitriles is 1. The molecule has 5 nitrogen and oxygen atoms in total. The van der Waals surface area contributed by atoms with Crippen LogP contribution in [0, 0.1) is 11.3 Å². The molecule has 1 aliphatic heterocycles. The molecule has 0 saturated heterocycles. The molecule has 1 amide bonds. The fraction of sp³-hybridized carbons (Fsp3) is 0.217. The number of carbonyl (C=O) groups is 1. The molecule has 6 heteroatoms. The molecule has 0 bridgehead atoms. The average Bonchev–Trinajstić information content (AvgIpc) is 2.76. The number of carbonyl (C=O) groups excluding carboxylic acids is 1. The van der Waals surface area contributed by atoms with Crippen molar-refractivity contribution in [3.63, 3.8) is 0 Å². The number of nitrogens with zero attached hydrogens (tertiary/aromatic N) is 1. The van der Waals surface area contributed by atoms with E-state index in [1.54, 1.807) is 13.2 Å². The number of methoxy groups -OCH3 is 1. The molecule has 0 unspecified atom stereocenters. The van der Waals surface area contributed by atoms with E-state index in [4.69, 9.17) is 9.47 Å². The summed E-state index contributed by atoms with van der Waals surface area (Å²) < 4.78 is 11.4. The maximum absolute atomic E-state index is 12.3. The molecule has 0 aliphatic carbocycles. The van der Waals surface area contributed by atoms with Gasteiger partial charge in [-0.1, -0.05) is 42.5 Å². The van der Waals surface area contributed by atoms with E-state index < -0.39 is 0 Å². The van der Waals surface area contributed by atoms with Crippen molar-refractivity contribution in [2.45, 2.75) is 18.9 Å². The Balaban J connectivity index is 1.91. The molecule has 2 aromatic carbocycles. The van der Waals surface area contributed by atoms with E-state index in [0.29, 0.717) is 34.5 Å². The lowest BCUT2D eigenvalue weighted by Crippen LogP contribution is -2.30. The lowest BCUT2D eigenvalue weighted by atomic mass is 9.87. The Morgan fingerprint density at radius 3 is 2.76 bits per heavy atom. The fourth-order valence-electron chi connectivity index (χ4n) is 3.12. The third kappa shape index (κ3) is 5.01. The van der Waals surface area contributed by atoms with Crippen molar-refractivity contribution in [2.75, 3.05) is 12.9 Å². The maximum Gasteiger partial charge on any atom is 0.225 e. The van der Waals surface area contributed by atoms with Gasteiger partial charge in [0.05, 0.1) is 23.8 Å². The van der Waals surface area contributed by atoms with E-state index in [-0.39, 0.29) is 18.2 Å². The number of ether oxygens (including phenoxy) is 2. The number of hydrogen-bond donors (Lipinski definition) is 1. The quantitative estimate of drug-likeness (QED) is 0.652. The monoisotopic (exact) mass is 406 g/mol. The minimum Gasteiger partial charge on any atom is -0.493 e. The fourth-order valence-corrected chi connectivity index (χ4v) is 3.93. The Kier molecular flexibility index (Phi) is 6.99. The largest absolute Gasteiger partial charge is 0.493 e. The molecule has 148 valence electrons. The van der Waals surface area contributed by atoms with E-state index >= 15 is 0 Å². The number of nitrogens with one attached hydrogen (secondary N) is 1. The van der Waals surface area contributed by atoms with Crippen molar-refractivity contribution >= 4 is 17.7 Å². The van der Waals surface area contributed by atoms with Crippen LogP contribution in [-0.4, -0.2) is 18.8 Å². The standard InChI is InChI=1S/C23H22N2O3S/c1-3-11-29-23-19(14-24)18(13-22(26)25-23)17-9-10-20(27-2)21(12-17)28-15-16-7-5-4-6-8-16/h3-10,12,18H,1,11,13,15H2,2H3,(H,25,26)/t18-/m0/s1. The molecule has 0 fully saturated rings. The highest BCUT2D eigenvalue weighted by Gasteiger charge is 2.30. The molecule has 1 atom stereocenters. The zero-order chi connectivity index (χ0) is 20.6. The predicted molar refractivity (Wildman–Crippen MR) is 115 cm³/mol. The van der Waals surface area contributed by atoms with Crippen molar-refractivity contribution < 1.29 is 14.3 Å². The zero-order valence-corrected chi connectivity index (χ0v) is 17.0. The van der Waals surface area contributed by atoms with Crippen LogP contribution < -0.4 is 14.8 Å². The molecule has 1 aliphatic rings. The minimum absolute atomic E-state index is 0.108. The summed E-state index contributed by atoms with van der Waals surface area (Å²) in [6.45, 7) is 4.09. The first kappa shape index (κ1) is 20.6. The molecule has 1 heterocycles. The van der Waals surface area contributed by atoms with Gasteiger partial charge in [-0.3, -0.25) is 4.79 Å². The summed E-state index contributed by atoms with van der Waals surface area (Å²) in [6, 6.07) is 17.7. The molecular formula is C23H22N2O3S. The van der Waals surface area contributed by atoms with Crippen molar-refractivity contribution in [1.82, 2.24) is 5.32 Å². The molecule has 0 radical (unpaired) electrons.